The van der Waals surface area contributed by atoms with Crippen molar-refractivity contribution in [3.8, 4) is 0 Å². The van der Waals surface area contributed by atoms with Crippen molar-refractivity contribution in [3.63, 3.8) is 0 Å². The number of ether oxygens (including phenoxy) is 1. The van der Waals surface area contributed by atoms with E-state index in [0.717, 1.165) is 0 Å². The lowest BCUT2D eigenvalue weighted by atomic mass is 10.6. The van der Waals surface area contributed by atoms with E-state index in [1.54, 1.807) is 0 Å². The molecule has 1 heterocycles. The Morgan fingerprint density at radius 2 is 2.29 bits per heavy atom. The number of aromatic nitrogens is 4. The maximum atomic E-state index is 11.7. The van der Waals surface area contributed by atoms with E-state index >= 15 is 0 Å². The van der Waals surface area contributed by atoms with Gasteiger partial charge < -0.3 is 10.5 Å². The highest BCUT2D eigenvalue weighted by Gasteiger charge is 2.04. The predicted molar refractivity (Wildman–Crippen MR) is 42.5 cm³/mol. The van der Waals surface area contributed by atoms with Crippen molar-refractivity contribution in [2.75, 3.05) is 13.2 Å². The van der Waals surface area contributed by atoms with Gasteiger partial charge in [0.25, 0.3) is 6.43 Å². The summed E-state index contributed by atoms with van der Waals surface area (Å²) in [6.07, 6.45) is -2.45. The van der Waals surface area contributed by atoms with Gasteiger partial charge in [0.2, 0.25) is 0 Å². The van der Waals surface area contributed by atoms with Gasteiger partial charge in [0.1, 0.15) is 6.61 Å². The number of rotatable bonds is 6. The third-order valence-corrected chi connectivity index (χ3v) is 1.48. The molecule has 8 heteroatoms. The Hall–Kier alpha value is -1.15. The summed E-state index contributed by atoms with van der Waals surface area (Å²) >= 11 is 0. The minimum Gasteiger partial charge on any atom is -0.374 e. The van der Waals surface area contributed by atoms with Crippen molar-refractivity contribution in [2.24, 2.45) is 5.73 Å². The second-order valence-corrected chi connectivity index (χ2v) is 2.49. The topological polar surface area (TPSA) is 78.9 Å². The van der Waals surface area contributed by atoms with E-state index in [9.17, 15) is 8.78 Å². The summed E-state index contributed by atoms with van der Waals surface area (Å²) in [5, 5.41) is 10.6. The van der Waals surface area contributed by atoms with Gasteiger partial charge in [-0.15, -0.1) is 5.10 Å². The maximum absolute atomic E-state index is 11.7. The first-order chi connectivity index (χ1) is 6.74. The van der Waals surface area contributed by atoms with Crippen LogP contribution in [0, 0.1) is 0 Å². The molecule has 80 valence electrons. The normalized spacial score (nSPS) is 11.1. The first kappa shape index (κ1) is 10.9. The number of hydrogen-bond donors (Lipinski definition) is 1. The van der Waals surface area contributed by atoms with E-state index in [1.807, 2.05) is 0 Å². The van der Waals surface area contributed by atoms with Crippen LogP contribution in [0.25, 0.3) is 0 Å². The molecule has 0 aliphatic rings. The molecule has 0 amide bonds. The Morgan fingerprint density at radius 3 is 2.93 bits per heavy atom. The van der Waals surface area contributed by atoms with Crippen LogP contribution in [-0.2, 0) is 17.8 Å². The van der Waals surface area contributed by atoms with Crippen molar-refractivity contribution in [1.82, 2.24) is 20.2 Å². The molecule has 0 bridgehead atoms. The van der Waals surface area contributed by atoms with Crippen LogP contribution in [0.5, 0.6) is 0 Å². The van der Waals surface area contributed by atoms with Gasteiger partial charge in [0.05, 0.1) is 19.7 Å². The second-order valence-electron chi connectivity index (χ2n) is 2.49. The summed E-state index contributed by atoms with van der Waals surface area (Å²) in [7, 11) is 0. The largest absolute Gasteiger partial charge is 0.374 e. The predicted octanol–water partition coefficient (Wildman–Crippen LogP) is -0.587. The smallest absolute Gasteiger partial charge is 0.261 e. The SMILES string of the molecule is NCc1nnnn1CCOCC(F)F. The highest BCUT2D eigenvalue weighted by molar-refractivity contribution is 4.77. The fourth-order valence-corrected chi connectivity index (χ4v) is 0.867. The van der Waals surface area contributed by atoms with Gasteiger partial charge in [0.15, 0.2) is 5.82 Å². The van der Waals surface area contributed by atoms with Crippen molar-refractivity contribution in [1.29, 1.82) is 0 Å². The van der Waals surface area contributed by atoms with Gasteiger partial charge in [-0.05, 0) is 10.4 Å². The fraction of sp³-hybridized carbons (Fsp3) is 0.833. The highest BCUT2D eigenvalue weighted by atomic mass is 19.3. The van der Waals surface area contributed by atoms with E-state index in [2.05, 4.69) is 20.3 Å². The Kier molecular flexibility index (Phi) is 4.33. The summed E-state index contributed by atoms with van der Waals surface area (Å²) in [5.41, 5.74) is 5.32. The second kappa shape index (κ2) is 5.55. The first-order valence-electron chi connectivity index (χ1n) is 4.05. The Balaban J connectivity index is 2.24. The molecule has 0 atom stereocenters. The molecule has 0 radical (unpaired) electrons. The fourth-order valence-electron chi connectivity index (χ4n) is 0.867. The average molecular weight is 207 g/mol. The molecule has 1 aromatic heterocycles. The third-order valence-electron chi connectivity index (χ3n) is 1.48. The van der Waals surface area contributed by atoms with Crippen molar-refractivity contribution >= 4 is 0 Å². The van der Waals surface area contributed by atoms with Crippen LogP contribution in [0.4, 0.5) is 8.78 Å². The molecule has 0 unspecified atom stereocenters. The number of nitrogens with zero attached hydrogens (tertiary/aromatic N) is 4. The van der Waals surface area contributed by atoms with Gasteiger partial charge in [-0.2, -0.15) is 0 Å². The maximum Gasteiger partial charge on any atom is 0.261 e. The minimum absolute atomic E-state index is 0.141. The molecule has 0 saturated heterocycles. The molecule has 14 heavy (non-hydrogen) atoms. The molecule has 0 saturated carbocycles. The summed E-state index contributed by atoms with van der Waals surface area (Å²) in [6.45, 7) is 0.108. The van der Waals surface area contributed by atoms with Crippen LogP contribution in [0.2, 0.25) is 0 Å². The third kappa shape index (κ3) is 3.30. The van der Waals surface area contributed by atoms with E-state index in [1.165, 1.54) is 4.68 Å². The molecule has 0 spiro atoms. The zero-order valence-electron chi connectivity index (χ0n) is 7.44. The molecule has 6 nitrogen and oxygen atoms in total. The molecule has 0 aliphatic heterocycles. The lowest BCUT2D eigenvalue weighted by Crippen LogP contribution is -2.15. The Bertz CT molecular complexity index is 266. The van der Waals surface area contributed by atoms with Crippen LogP contribution in [0.3, 0.4) is 0 Å². The zero-order chi connectivity index (χ0) is 10.4. The highest BCUT2D eigenvalue weighted by Crippen LogP contribution is 1.94. The molecular formula is C6H11F2N5O. The number of halogens is 2. The standard InChI is InChI=1S/C6H11F2N5O/c7-5(8)4-14-2-1-13-6(3-9)10-11-12-13/h5H,1-4,9H2. The lowest BCUT2D eigenvalue weighted by Gasteiger charge is -2.04. The molecule has 2 N–H and O–H groups in total. The van der Waals surface area contributed by atoms with E-state index in [-0.39, 0.29) is 13.2 Å². The lowest BCUT2D eigenvalue weighted by molar-refractivity contribution is 0.0137. The van der Waals surface area contributed by atoms with E-state index in [4.69, 9.17) is 5.73 Å². The summed E-state index contributed by atoms with van der Waals surface area (Å²) in [5.74, 6) is 0.505. The number of nitrogens with two attached hydrogens (primary N) is 1. The van der Waals surface area contributed by atoms with Crippen LogP contribution < -0.4 is 5.73 Å². The molecule has 1 aromatic rings. The van der Waals surface area contributed by atoms with E-state index in [0.29, 0.717) is 12.4 Å². The summed E-state index contributed by atoms with van der Waals surface area (Å²) < 4.78 is 29.4. The van der Waals surface area contributed by atoms with Gasteiger partial charge in [0, 0.05) is 0 Å². The minimum atomic E-state index is -2.45. The van der Waals surface area contributed by atoms with Gasteiger partial charge in [-0.25, -0.2) is 13.5 Å². The average Bonchev–Trinajstić information content (AvgIpc) is 2.59. The number of tetrazole rings is 1. The van der Waals surface area contributed by atoms with Crippen LogP contribution in [0.15, 0.2) is 0 Å². The van der Waals surface area contributed by atoms with Crippen molar-refractivity contribution in [3.05, 3.63) is 5.82 Å². The van der Waals surface area contributed by atoms with Crippen molar-refractivity contribution < 1.29 is 13.5 Å². The van der Waals surface area contributed by atoms with Crippen LogP contribution in [0.1, 0.15) is 5.82 Å². The van der Waals surface area contributed by atoms with Gasteiger partial charge in [-0.1, -0.05) is 0 Å². The molecule has 0 fully saturated rings. The Labute approximate surface area is 79.0 Å². The number of hydrogen-bond acceptors (Lipinski definition) is 5. The monoisotopic (exact) mass is 207 g/mol. The quantitative estimate of drug-likeness (QED) is 0.631. The molecular weight excluding hydrogens is 196 g/mol. The van der Waals surface area contributed by atoms with Gasteiger partial charge in [-0.3, -0.25) is 0 Å². The van der Waals surface area contributed by atoms with Crippen LogP contribution >= 0.6 is 0 Å². The van der Waals surface area contributed by atoms with Crippen LogP contribution in [-0.4, -0.2) is 39.8 Å². The van der Waals surface area contributed by atoms with Crippen molar-refractivity contribution in [2.45, 2.75) is 19.5 Å². The summed E-state index contributed by atoms with van der Waals surface area (Å²) in [6, 6.07) is 0. The molecule has 0 aliphatic carbocycles. The molecule has 1 rings (SSSR count). The number of alkyl halides is 2. The molecule has 0 aromatic carbocycles. The summed E-state index contributed by atoms with van der Waals surface area (Å²) in [4.78, 5) is 0. The Morgan fingerprint density at radius 1 is 1.50 bits per heavy atom. The van der Waals surface area contributed by atoms with Gasteiger partial charge >= 0.3 is 0 Å². The first-order valence-corrected chi connectivity index (χ1v) is 4.05. The van der Waals surface area contributed by atoms with E-state index < -0.39 is 13.0 Å². The zero-order valence-corrected chi connectivity index (χ0v) is 7.44.